The van der Waals surface area contributed by atoms with Crippen LogP contribution in [0, 0.1) is 25.5 Å². The highest BCUT2D eigenvalue weighted by Crippen LogP contribution is 2.19. The lowest BCUT2D eigenvalue weighted by Gasteiger charge is -2.06. The van der Waals surface area contributed by atoms with Gasteiger partial charge >= 0.3 is 0 Å². The minimum atomic E-state index is -0.858. The molecule has 0 aliphatic rings. The van der Waals surface area contributed by atoms with E-state index in [4.69, 9.17) is 0 Å². The first-order valence-corrected chi connectivity index (χ1v) is 5.42. The van der Waals surface area contributed by atoms with Gasteiger partial charge in [-0.3, -0.25) is 9.78 Å². The number of hydrogen-bond donors (Lipinski definition) is 0. The molecule has 0 bridgehead atoms. The van der Waals surface area contributed by atoms with Crippen molar-refractivity contribution in [2.75, 3.05) is 0 Å². The minimum Gasteiger partial charge on any atom is -0.288 e. The lowest BCUT2D eigenvalue weighted by molar-refractivity contribution is 0.103. The topological polar surface area (TPSA) is 30.0 Å². The quantitative estimate of drug-likeness (QED) is 0.763. The van der Waals surface area contributed by atoms with Crippen LogP contribution in [-0.4, -0.2) is 10.8 Å². The molecule has 2 nitrogen and oxygen atoms in total. The number of nitrogens with zero attached hydrogens (tertiary/aromatic N) is 1. The molecule has 1 aromatic carbocycles. The molecule has 0 aliphatic carbocycles. The molecule has 0 amide bonds. The zero-order valence-electron chi connectivity index (χ0n) is 10.00. The van der Waals surface area contributed by atoms with E-state index in [1.807, 2.05) is 0 Å². The molecule has 0 fully saturated rings. The van der Waals surface area contributed by atoms with Crippen molar-refractivity contribution in [3.8, 4) is 0 Å². The van der Waals surface area contributed by atoms with E-state index in [0.29, 0.717) is 0 Å². The number of pyridine rings is 1. The fourth-order valence-corrected chi connectivity index (χ4v) is 1.61. The van der Waals surface area contributed by atoms with Crippen molar-refractivity contribution in [3.05, 3.63) is 64.5 Å². The Kier molecular flexibility index (Phi) is 3.19. The van der Waals surface area contributed by atoms with Crippen LogP contribution in [0.3, 0.4) is 0 Å². The molecule has 0 spiro atoms. The maximum Gasteiger partial charge on any atom is 0.200 e. The summed E-state index contributed by atoms with van der Waals surface area (Å²) in [6.45, 7) is 3.25. The Bertz CT molecular complexity index is 606. The van der Waals surface area contributed by atoms with Crippen molar-refractivity contribution < 1.29 is 13.6 Å². The summed E-state index contributed by atoms with van der Waals surface area (Å²) < 4.78 is 27.4. The first-order chi connectivity index (χ1) is 8.50. The number of aromatic nitrogens is 1. The maximum atomic E-state index is 13.8. The average molecular weight is 247 g/mol. The number of ketones is 1. The molecule has 2 aromatic rings. The second-order valence-electron chi connectivity index (χ2n) is 4.07. The largest absolute Gasteiger partial charge is 0.288 e. The fraction of sp³-hybridized carbons (Fsp3) is 0.143. The Hall–Kier alpha value is -2.10. The summed E-state index contributed by atoms with van der Waals surface area (Å²) in [6.07, 6.45) is 1.32. The average Bonchev–Trinajstić information content (AvgIpc) is 2.35. The lowest BCUT2D eigenvalue weighted by atomic mass is 10.0. The number of carbonyl (C=O) groups excluding carboxylic acids is 1. The lowest BCUT2D eigenvalue weighted by Crippen LogP contribution is -2.09. The Labute approximate surface area is 103 Å². The summed E-state index contributed by atoms with van der Waals surface area (Å²) >= 11 is 0. The molecule has 0 saturated carbocycles. The van der Waals surface area contributed by atoms with Crippen molar-refractivity contribution in [3.63, 3.8) is 0 Å². The van der Waals surface area contributed by atoms with Gasteiger partial charge in [0.1, 0.15) is 11.6 Å². The van der Waals surface area contributed by atoms with Crippen LogP contribution in [0.5, 0.6) is 0 Å². The molecular weight excluding hydrogens is 236 g/mol. The van der Waals surface area contributed by atoms with Crippen LogP contribution in [0.1, 0.15) is 27.2 Å². The van der Waals surface area contributed by atoms with Gasteiger partial charge in [-0.2, -0.15) is 0 Å². The van der Waals surface area contributed by atoms with E-state index in [1.54, 1.807) is 13.0 Å². The first-order valence-electron chi connectivity index (χ1n) is 5.42. The fourth-order valence-electron chi connectivity index (χ4n) is 1.61. The maximum absolute atomic E-state index is 13.8. The van der Waals surface area contributed by atoms with Gasteiger partial charge in [0.05, 0.1) is 5.56 Å². The predicted molar refractivity (Wildman–Crippen MR) is 63.5 cm³/mol. The van der Waals surface area contributed by atoms with Gasteiger partial charge in [-0.25, -0.2) is 8.78 Å². The Morgan fingerprint density at radius 3 is 2.44 bits per heavy atom. The molecule has 0 atom stereocenters. The van der Waals surface area contributed by atoms with Crippen molar-refractivity contribution in [1.82, 2.24) is 4.98 Å². The van der Waals surface area contributed by atoms with Gasteiger partial charge in [0.2, 0.25) is 0 Å². The number of carbonyl (C=O) groups is 1. The number of hydrogen-bond acceptors (Lipinski definition) is 2. The zero-order valence-corrected chi connectivity index (χ0v) is 10.00. The summed E-state index contributed by atoms with van der Waals surface area (Å²) in [4.78, 5) is 16.0. The molecule has 1 heterocycles. The van der Waals surface area contributed by atoms with E-state index >= 15 is 0 Å². The van der Waals surface area contributed by atoms with Crippen LogP contribution in [0.2, 0.25) is 0 Å². The van der Waals surface area contributed by atoms with E-state index in [0.717, 1.165) is 11.8 Å². The number of rotatable bonds is 2. The summed E-state index contributed by atoms with van der Waals surface area (Å²) in [5.74, 6) is -2.37. The molecule has 0 radical (unpaired) electrons. The van der Waals surface area contributed by atoms with Crippen molar-refractivity contribution in [1.29, 1.82) is 0 Å². The predicted octanol–water partition coefficient (Wildman–Crippen LogP) is 3.21. The van der Waals surface area contributed by atoms with Crippen LogP contribution in [0.25, 0.3) is 0 Å². The SMILES string of the molecule is Cc1ccc(C(=O)c2c(F)ccc(C)c2F)cn1. The molecule has 0 unspecified atom stereocenters. The van der Waals surface area contributed by atoms with Crippen LogP contribution in [0.15, 0.2) is 30.5 Å². The number of aryl methyl sites for hydroxylation is 2. The molecule has 18 heavy (non-hydrogen) atoms. The first kappa shape index (κ1) is 12.4. The summed E-state index contributed by atoms with van der Waals surface area (Å²) in [5.41, 5.74) is 0.612. The van der Waals surface area contributed by atoms with Gasteiger partial charge in [0, 0.05) is 17.5 Å². The summed E-state index contributed by atoms with van der Waals surface area (Å²) in [7, 11) is 0. The van der Waals surface area contributed by atoms with Crippen LogP contribution in [0.4, 0.5) is 8.78 Å². The second kappa shape index (κ2) is 4.64. The molecule has 0 saturated heterocycles. The Morgan fingerprint density at radius 2 is 1.83 bits per heavy atom. The smallest absolute Gasteiger partial charge is 0.200 e. The molecular formula is C14H11F2NO. The zero-order chi connectivity index (χ0) is 13.3. The highest BCUT2D eigenvalue weighted by molar-refractivity contribution is 6.09. The monoisotopic (exact) mass is 247 g/mol. The van der Waals surface area contributed by atoms with Gasteiger partial charge in [0.25, 0.3) is 0 Å². The summed E-state index contributed by atoms with van der Waals surface area (Å²) in [5, 5.41) is 0. The third kappa shape index (κ3) is 2.14. The normalized spacial score (nSPS) is 10.4. The van der Waals surface area contributed by atoms with Gasteiger partial charge in [-0.1, -0.05) is 6.07 Å². The van der Waals surface area contributed by atoms with E-state index in [2.05, 4.69) is 4.98 Å². The van der Waals surface area contributed by atoms with Crippen LogP contribution in [-0.2, 0) is 0 Å². The van der Waals surface area contributed by atoms with Crippen LogP contribution < -0.4 is 0 Å². The van der Waals surface area contributed by atoms with Crippen molar-refractivity contribution in [2.24, 2.45) is 0 Å². The van der Waals surface area contributed by atoms with Gasteiger partial charge in [0.15, 0.2) is 5.78 Å². The van der Waals surface area contributed by atoms with Crippen molar-refractivity contribution in [2.45, 2.75) is 13.8 Å². The van der Waals surface area contributed by atoms with Crippen LogP contribution >= 0.6 is 0 Å². The van der Waals surface area contributed by atoms with Crippen molar-refractivity contribution >= 4 is 5.78 Å². The van der Waals surface area contributed by atoms with E-state index in [9.17, 15) is 13.6 Å². The van der Waals surface area contributed by atoms with Gasteiger partial charge < -0.3 is 0 Å². The molecule has 92 valence electrons. The number of halogens is 2. The van der Waals surface area contributed by atoms with Gasteiger partial charge in [-0.05, 0) is 37.6 Å². The standard InChI is InChI=1S/C14H11F2NO/c1-8-3-6-11(15)12(13(8)16)14(18)10-5-4-9(2)17-7-10/h3-7H,1-2H3. The third-order valence-electron chi connectivity index (χ3n) is 2.68. The summed E-state index contributed by atoms with van der Waals surface area (Å²) in [6, 6.07) is 5.52. The Balaban J connectivity index is 2.52. The Morgan fingerprint density at radius 1 is 1.11 bits per heavy atom. The minimum absolute atomic E-state index is 0.170. The van der Waals surface area contributed by atoms with E-state index < -0.39 is 23.0 Å². The molecule has 1 aromatic heterocycles. The molecule has 0 aliphatic heterocycles. The highest BCUT2D eigenvalue weighted by Gasteiger charge is 2.20. The highest BCUT2D eigenvalue weighted by atomic mass is 19.1. The van der Waals surface area contributed by atoms with E-state index in [1.165, 1.54) is 25.3 Å². The van der Waals surface area contributed by atoms with E-state index in [-0.39, 0.29) is 11.1 Å². The molecule has 0 N–H and O–H groups in total. The number of benzene rings is 1. The van der Waals surface area contributed by atoms with Gasteiger partial charge in [-0.15, -0.1) is 0 Å². The molecule has 2 rings (SSSR count). The second-order valence-corrected chi connectivity index (χ2v) is 4.07. The molecule has 4 heteroatoms. The third-order valence-corrected chi connectivity index (χ3v) is 2.68.